The van der Waals surface area contributed by atoms with Crippen molar-refractivity contribution in [3.8, 4) is 17.2 Å². The average molecular weight is 601 g/mol. The summed E-state index contributed by atoms with van der Waals surface area (Å²) >= 11 is 6.85. The van der Waals surface area contributed by atoms with E-state index in [1.54, 1.807) is 54.6 Å². The molecule has 1 heterocycles. The molecule has 0 unspecified atom stereocenters. The summed E-state index contributed by atoms with van der Waals surface area (Å²) in [6, 6.07) is 17.4. The molecule has 0 spiro atoms. The lowest BCUT2D eigenvalue weighted by molar-refractivity contribution is -0.117. The number of fused-ring (bicyclic) bond motifs is 1. The van der Waals surface area contributed by atoms with Crippen LogP contribution < -0.4 is 25.0 Å². The van der Waals surface area contributed by atoms with Crippen LogP contribution in [0.5, 0.6) is 17.2 Å². The second-order valence-corrected chi connectivity index (χ2v) is 8.97. The normalized spacial score (nSPS) is 12.5. The van der Waals surface area contributed by atoms with Crippen LogP contribution in [0.1, 0.15) is 21.5 Å². The lowest BCUT2D eigenvalue weighted by atomic mass is 10.1. The zero-order chi connectivity index (χ0) is 24.8. The van der Waals surface area contributed by atoms with Crippen LogP contribution in [0.25, 0.3) is 6.08 Å². The Labute approximate surface area is 218 Å². The van der Waals surface area contributed by atoms with Crippen molar-refractivity contribution in [3.63, 3.8) is 0 Å². The number of hydrogen-bond acceptors (Lipinski definition) is 6. The lowest BCUT2D eigenvalue weighted by Gasteiger charge is -2.10. The van der Waals surface area contributed by atoms with Gasteiger partial charge in [0, 0.05) is 15.6 Å². The molecule has 0 aliphatic carbocycles. The molecule has 3 aromatic rings. The lowest BCUT2D eigenvalue weighted by Crippen LogP contribution is -2.32. The summed E-state index contributed by atoms with van der Waals surface area (Å²) in [5.41, 5.74) is 4.12. The van der Waals surface area contributed by atoms with E-state index in [9.17, 15) is 9.59 Å². The van der Waals surface area contributed by atoms with Gasteiger partial charge >= 0.3 is 0 Å². The summed E-state index contributed by atoms with van der Waals surface area (Å²) in [7, 11) is 1.54. The Morgan fingerprint density at radius 3 is 2.57 bits per heavy atom. The number of nitrogens with zero attached hydrogens (tertiary/aromatic N) is 1. The Morgan fingerprint density at radius 2 is 1.80 bits per heavy atom. The largest absolute Gasteiger partial charge is 0.495 e. The van der Waals surface area contributed by atoms with E-state index in [4.69, 9.17) is 14.2 Å². The number of ether oxygens (including phenoxy) is 3. The highest BCUT2D eigenvalue weighted by atomic mass is 79.9. The highest BCUT2D eigenvalue weighted by Crippen LogP contribution is 2.33. The molecule has 1 aliphatic heterocycles. The molecule has 1 aliphatic rings. The van der Waals surface area contributed by atoms with E-state index < -0.39 is 11.8 Å². The third kappa shape index (κ3) is 6.09. The number of hydrogen-bond donors (Lipinski definition) is 2. The molecule has 0 aromatic heterocycles. The first-order valence-corrected chi connectivity index (χ1v) is 11.9. The van der Waals surface area contributed by atoms with Crippen molar-refractivity contribution in [2.45, 2.75) is 0 Å². The maximum absolute atomic E-state index is 13.0. The van der Waals surface area contributed by atoms with Crippen molar-refractivity contribution < 1.29 is 23.8 Å². The summed E-state index contributed by atoms with van der Waals surface area (Å²) in [6.07, 6.45) is 2.98. The molecule has 0 saturated heterocycles. The minimum atomic E-state index is -0.615. The first kappa shape index (κ1) is 24.5. The van der Waals surface area contributed by atoms with Gasteiger partial charge < -0.3 is 19.5 Å². The molecule has 0 saturated carbocycles. The molecule has 178 valence electrons. The fourth-order valence-electron chi connectivity index (χ4n) is 3.22. The molecule has 0 radical (unpaired) electrons. The summed E-state index contributed by atoms with van der Waals surface area (Å²) in [4.78, 5) is 25.8. The fraction of sp³-hybridized carbons (Fsp3) is 0.0800. The zero-order valence-corrected chi connectivity index (χ0v) is 21.6. The third-order valence-electron chi connectivity index (χ3n) is 4.85. The first-order chi connectivity index (χ1) is 16.9. The molecule has 35 heavy (non-hydrogen) atoms. The van der Waals surface area contributed by atoms with Gasteiger partial charge in [-0.2, -0.15) is 5.10 Å². The Hall–Kier alpha value is -3.63. The maximum atomic E-state index is 13.0. The van der Waals surface area contributed by atoms with Gasteiger partial charge in [0.2, 0.25) is 6.79 Å². The molecule has 0 atom stereocenters. The highest BCUT2D eigenvalue weighted by molar-refractivity contribution is 9.11. The Kier molecular flexibility index (Phi) is 7.84. The monoisotopic (exact) mass is 599 g/mol. The van der Waals surface area contributed by atoms with Crippen molar-refractivity contribution in [3.05, 3.63) is 92.0 Å². The van der Waals surface area contributed by atoms with E-state index in [1.165, 1.54) is 19.4 Å². The van der Waals surface area contributed by atoms with Crippen molar-refractivity contribution in [1.29, 1.82) is 0 Å². The molecule has 0 fully saturated rings. The second kappa shape index (κ2) is 11.2. The van der Waals surface area contributed by atoms with E-state index in [2.05, 4.69) is 47.7 Å². The Balaban J connectivity index is 1.58. The van der Waals surface area contributed by atoms with Gasteiger partial charge in [0.15, 0.2) is 11.5 Å². The summed E-state index contributed by atoms with van der Waals surface area (Å²) in [5.74, 6) is 0.670. The Bertz CT molecular complexity index is 1330. The van der Waals surface area contributed by atoms with Crippen LogP contribution in [-0.4, -0.2) is 31.9 Å². The smallest absolute Gasteiger partial charge is 0.287 e. The van der Waals surface area contributed by atoms with Gasteiger partial charge in [-0.1, -0.05) is 40.2 Å². The highest BCUT2D eigenvalue weighted by Gasteiger charge is 2.17. The Morgan fingerprint density at radius 1 is 1.03 bits per heavy atom. The van der Waals surface area contributed by atoms with Gasteiger partial charge in [0.05, 0.1) is 17.8 Å². The van der Waals surface area contributed by atoms with Crippen molar-refractivity contribution in [2.24, 2.45) is 5.10 Å². The van der Waals surface area contributed by atoms with Crippen molar-refractivity contribution in [2.75, 3.05) is 13.9 Å². The maximum Gasteiger partial charge on any atom is 0.287 e. The van der Waals surface area contributed by atoms with E-state index in [0.29, 0.717) is 33.9 Å². The third-order valence-corrected chi connectivity index (χ3v) is 5.89. The zero-order valence-electron chi connectivity index (χ0n) is 18.4. The van der Waals surface area contributed by atoms with E-state index in [-0.39, 0.29) is 12.5 Å². The van der Waals surface area contributed by atoms with Gasteiger partial charge in [0.1, 0.15) is 11.4 Å². The van der Waals surface area contributed by atoms with Crippen LogP contribution >= 0.6 is 31.9 Å². The minimum absolute atomic E-state index is 0.00254. The second-order valence-electron chi connectivity index (χ2n) is 7.20. The SMILES string of the molecule is COc1c(Br)cc(Br)cc1/C=N\NC(=O)/C(=C\c1ccc2c(c1)OCO2)NC(=O)c1ccccc1. The number of carbonyl (C=O) groups excluding carboxylic acids is 2. The van der Waals surface area contributed by atoms with Crippen molar-refractivity contribution in [1.82, 2.24) is 10.7 Å². The quantitative estimate of drug-likeness (QED) is 0.229. The first-order valence-electron chi connectivity index (χ1n) is 10.3. The van der Waals surface area contributed by atoms with Crippen LogP contribution in [0, 0.1) is 0 Å². The van der Waals surface area contributed by atoms with Crippen molar-refractivity contribution >= 4 is 56.0 Å². The topological polar surface area (TPSA) is 98.2 Å². The molecule has 10 heteroatoms. The molecule has 8 nitrogen and oxygen atoms in total. The van der Waals surface area contributed by atoms with Gasteiger partial charge in [-0.05, 0) is 64.0 Å². The standard InChI is InChI=1S/C25H19Br2N3O5/c1-33-23-17(11-18(26)12-19(23)27)13-28-30-25(32)20(29-24(31)16-5-3-2-4-6-16)9-15-7-8-21-22(10-15)35-14-34-21/h2-13H,14H2,1H3,(H,29,31)(H,30,32)/b20-9+,28-13-. The summed E-state index contributed by atoms with van der Waals surface area (Å²) in [6.45, 7) is 0.129. The van der Waals surface area contributed by atoms with Gasteiger partial charge in [-0.15, -0.1) is 0 Å². The van der Waals surface area contributed by atoms with Gasteiger partial charge in [-0.3, -0.25) is 9.59 Å². The van der Waals surface area contributed by atoms with Crippen LogP contribution in [0.3, 0.4) is 0 Å². The molecule has 2 amide bonds. The number of carbonyl (C=O) groups is 2. The van der Waals surface area contributed by atoms with Gasteiger partial charge in [0.25, 0.3) is 11.8 Å². The summed E-state index contributed by atoms with van der Waals surface area (Å²) < 4.78 is 17.7. The number of methoxy groups -OCH3 is 1. The predicted molar refractivity (Wildman–Crippen MR) is 139 cm³/mol. The molecular weight excluding hydrogens is 582 g/mol. The van der Waals surface area contributed by atoms with E-state index in [1.807, 2.05) is 6.07 Å². The number of amides is 2. The fourth-order valence-corrected chi connectivity index (χ4v) is 4.64. The van der Waals surface area contributed by atoms with Gasteiger partial charge in [-0.25, -0.2) is 5.43 Å². The number of nitrogens with one attached hydrogen (secondary N) is 2. The number of benzene rings is 3. The molecule has 0 bridgehead atoms. The molecule has 4 rings (SSSR count). The number of rotatable bonds is 7. The van der Waals surface area contributed by atoms with E-state index >= 15 is 0 Å². The summed E-state index contributed by atoms with van der Waals surface area (Å²) in [5, 5.41) is 6.71. The van der Waals surface area contributed by atoms with Crippen LogP contribution in [0.2, 0.25) is 0 Å². The van der Waals surface area contributed by atoms with E-state index in [0.717, 1.165) is 8.95 Å². The van der Waals surface area contributed by atoms with Crippen LogP contribution in [-0.2, 0) is 4.79 Å². The predicted octanol–water partition coefficient (Wildman–Crippen LogP) is 4.87. The van der Waals surface area contributed by atoms with Crippen LogP contribution in [0.15, 0.2) is 80.4 Å². The molecule has 3 aromatic carbocycles. The van der Waals surface area contributed by atoms with Crippen LogP contribution in [0.4, 0.5) is 0 Å². The number of halogens is 2. The average Bonchev–Trinajstić information content (AvgIpc) is 3.32. The molecule has 2 N–H and O–H groups in total. The number of hydrazone groups is 1. The molecular formula is C25H19Br2N3O5. The minimum Gasteiger partial charge on any atom is -0.495 e.